The van der Waals surface area contributed by atoms with Crippen molar-refractivity contribution in [2.24, 2.45) is 11.8 Å². The Hall–Kier alpha value is -0.590. The van der Waals surface area contributed by atoms with E-state index in [2.05, 4.69) is 16.3 Å². The van der Waals surface area contributed by atoms with Crippen molar-refractivity contribution in [3.63, 3.8) is 0 Å². The maximum Gasteiger partial charge on any atom is 0.0666 e. The Bertz CT molecular complexity index is 248. The van der Waals surface area contributed by atoms with Gasteiger partial charge in [-0.05, 0) is 45.1 Å². The van der Waals surface area contributed by atoms with Gasteiger partial charge in [-0.25, -0.2) is 0 Å². The molecule has 1 heterocycles. The zero-order valence-electron chi connectivity index (χ0n) is 10.3. The van der Waals surface area contributed by atoms with Crippen molar-refractivity contribution in [1.82, 2.24) is 10.2 Å². The van der Waals surface area contributed by atoms with E-state index in [1.807, 2.05) is 6.92 Å². The van der Waals surface area contributed by atoms with Gasteiger partial charge in [0, 0.05) is 25.7 Å². The van der Waals surface area contributed by atoms with Gasteiger partial charge in [0.05, 0.1) is 12.0 Å². The van der Waals surface area contributed by atoms with Crippen molar-refractivity contribution in [2.75, 3.05) is 26.2 Å². The first-order chi connectivity index (χ1) is 7.78. The van der Waals surface area contributed by atoms with Crippen molar-refractivity contribution in [1.29, 1.82) is 5.26 Å². The highest BCUT2D eigenvalue weighted by molar-refractivity contribution is 4.87. The van der Waals surface area contributed by atoms with Crippen LogP contribution in [0, 0.1) is 23.2 Å². The molecule has 3 nitrogen and oxygen atoms in total. The molecular weight excluding hydrogens is 198 g/mol. The normalized spacial score (nSPS) is 26.9. The van der Waals surface area contributed by atoms with Crippen LogP contribution in [0.5, 0.6) is 0 Å². The molecule has 2 aliphatic rings. The molecule has 1 saturated heterocycles. The minimum atomic E-state index is 0.167. The van der Waals surface area contributed by atoms with Gasteiger partial charge in [0.15, 0.2) is 0 Å². The van der Waals surface area contributed by atoms with Crippen LogP contribution in [0.2, 0.25) is 0 Å². The molecular formula is C13H23N3. The molecule has 1 N–H and O–H groups in total. The second kappa shape index (κ2) is 5.65. The van der Waals surface area contributed by atoms with Gasteiger partial charge in [0.1, 0.15) is 0 Å². The average molecular weight is 221 g/mol. The van der Waals surface area contributed by atoms with Gasteiger partial charge in [-0.3, -0.25) is 0 Å². The number of rotatable bonds is 6. The fraction of sp³-hybridized carbons (Fsp3) is 0.923. The summed E-state index contributed by atoms with van der Waals surface area (Å²) < 4.78 is 0. The smallest absolute Gasteiger partial charge is 0.0666 e. The third-order valence-electron chi connectivity index (χ3n) is 3.61. The van der Waals surface area contributed by atoms with Crippen molar-refractivity contribution >= 4 is 0 Å². The Morgan fingerprint density at radius 2 is 2.19 bits per heavy atom. The van der Waals surface area contributed by atoms with E-state index in [1.165, 1.54) is 38.8 Å². The van der Waals surface area contributed by atoms with E-state index in [1.54, 1.807) is 0 Å². The second-order valence-electron chi connectivity index (χ2n) is 5.49. The lowest BCUT2D eigenvalue weighted by molar-refractivity contribution is 0.225. The minimum Gasteiger partial charge on any atom is -0.313 e. The Balaban J connectivity index is 1.78. The second-order valence-corrected chi connectivity index (χ2v) is 5.49. The van der Waals surface area contributed by atoms with Crippen molar-refractivity contribution in [2.45, 2.75) is 38.6 Å². The highest BCUT2D eigenvalue weighted by Gasteiger charge is 2.27. The van der Waals surface area contributed by atoms with Crippen LogP contribution < -0.4 is 5.32 Å². The maximum atomic E-state index is 8.90. The summed E-state index contributed by atoms with van der Waals surface area (Å²) >= 11 is 0. The van der Waals surface area contributed by atoms with Gasteiger partial charge in [-0.1, -0.05) is 0 Å². The van der Waals surface area contributed by atoms with E-state index in [-0.39, 0.29) is 5.92 Å². The van der Waals surface area contributed by atoms with Gasteiger partial charge >= 0.3 is 0 Å². The first kappa shape index (κ1) is 11.9. The topological polar surface area (TPSA) is 39.1 Å². The maximum absolute atomic E-state index is 8.90. The summed E-state index contributed by atoms with van der Waals surface area (Å²) in [5.74, 6) is 1.09. The van der Waals surface area contributed by atoms with E-state index in [9.17, 15) is 0 Å². The lowest BCUT2D eigenvalue weighted by atomic mass is 10.1. The molecule has 2 rings (SSSR count). The molecule has 3 heteroatoms. The largest absolute Gasteiger partial charge is 0.313 e. The lowest BCUT2D eigenvalue weighted by Crippen LogP contribution is -2.40. The van der Waals surface area contributed by atoms with Crippen LogP contribution in [-0.4, -0.2) is 37.1 Å². The van der Waals surface area contributed by atoms with E-state index in [0.29, 0.717) is 6.04 Å². The molecule has 0 aromatic heterocycles. The minimum absolute atomic E-state index is 0.167. The van der Waals surface area contributed by atoms with Crippen LogP contribution in [0.15, 0.2) is 0 Å². The average Bonchev–Trinajstić information content (AvgIpc) is 2.93. The Morgan fingerprint density at radius 1 is 1.38 bits per heavy atom. The first-order valence-electron chi connectivity index (χ1n) is 6.63. The van der Waals surface area contributed by atoms with Gasteiger partial charge in [-0.15, -0.1) is 0 Å². The summed E-state index contributed by atoms with van der Waals surface area (Å²) in [6.45, 7) is 6.51. The van der Waals surface area contributed by atoms with Crippen LogP contribution in [0.4, 0.5) is 0 Å². The van der Waals surface area contributed by atoms with E-state index in [4.69, 9.17) is 5.26 Å². The quantitative estimate of drug-likeness (QED) is 0.740. The molecule has 16 heavy (non-hydrogen) atoms. The lowest BCUT2D eigenvalue weighted by Gasteiger charge is -2.26. The van der Waals surface area contributed by atoms with Crippen LogP contribution in [0.3, 0.4) is 0 Å². The molecule has 0 spiro atoms. The van der Waals surface area contributed by atoms with E-state index in [0.717, 1.165) is 19.0 Å². The number of nitrogens with zero attached hydrogens (tertiary/aromatic N) is 2. The molecule has 2 unspecified atom stereocenters. The highest BCUT2D eigenvalue weighted by Crippen LogP contribution is 2.30. The molecule has 1 saturated carbocycles. The fourth-order valence-electron chi connectivity index (χ4n) is 2.54. The van der Waals surface area contributed by atoms with Crippen molar-refractivity contribution in [3.8, 4) is 6.07 Å². The van der Waals surface area contributed by atoms with Gasteiger partial charge < -0.3 is 10.2 Å². The van der Waals surface area contributed by atoms with E-state index < -0.39 is 0 Å². The van der Waals surface area contributed by atoms with E-state index >= 15 is 0 Å². The van der Waals surface area contributed by atoms with Crippen LogP contribution in [0.1, 0.15) is 32.6 Å². The van der Waals surface area contributed by atoms with Gasteiger partial charge in [0.25, 0.3) is 0 Å². The standard InChI is InChI=1S/C13H23N3/c1-11(7-14)8-16(9-12-4-5-12)10-13-3-2-6-15-13/h11-13,15H,2-6,8-10H2,1H3. The Labute approximate surface area is 98.8 Å². The molecule has 90 valence electrons. The molecule has 0 aromatic carbocycles. The molecule has 0 bridgehead atoms. The molecule has 2 atom stereocenters. The van der Waals surface area contributed by atoms with Crippen molar-refractivity contribution in [3.05, 3.63) is 0 Å². The van der Waals surface area contributed by atoms with Crippen LogP contribution in [-0.2, 0) is 0 Å². The summed E-state index contributed by atoms with van der Waals surface area (Å²) in [7, 11) is 0. The first-order valence-corrected chi connectivity index (χ1v) is 6.63. The molecule has 0 aromatic rings. The summed E-state index contributed by atoms with van der Waals surface area (Å²) in [6, 6.07) is 3.02. The third kappa shape index (κ3) is 3.77. The fourth-order valence-corrected chi connectivity index (χ4v) is 2.54. The van der Waals surface area contributed by atoms with Crippen molar-refractivity contribution < 1.29 is 0 Å². The van der Waals surface area contributed by atoms with Crippen LogP contribution in [0.25, 0.3) is 0 Å². The molecule has 1 aliphatic carbocycles. The highest BCUT2D eigenvalue weighted by atomic mass is 15.2. The zero-order chi connectivity index (χ0) is 11.4. The number of nitriles is 1. The summed E-state index contributed by atoms with van der Waals surface area (Å²) in [6.07, 6.45) is 5.42. The predicted molar refractivity (Wildman–Crippen MR) is 65.0 cm³/mol. The molecule has 1 aliphatic heterocycles. The molecule has 2 fully saturated rings. The monoisotopic (exact) mass is 221 g/mol. The van der Waals surface area contributed by atoms with Crippen LogP contribution >= 0.6 is 0 Å². The zero-order valence-corrected chi connectivity index (χ0v) is 10.3. The molecule has 0 amide bonds. The number of hydrogen-bond acceptors (Lipinski definition) is 3. The summed E-state index contributed by atoms with van der Waals surface area (Å²) in [5, 5.41) is 12.4. The number of nitrogens with one attached hydrogen (secondary N) is 1. The Morgan fingerprint density at radius 3 is 2.75 bits per heavy atom. The van der Waals surface area contributed by atoms with Gasteiger partial charge in [0.2, 0.25) is 0 Å². The summed E-state index contributed by atoms with van der Waals surface area (Å²) in [4.78, 5) is 2.51. The summed E-state index contributed by atoms with van der Waals surface area (Å²) in [5.41, 5.74) is 0. The predicted octanol–water partition coefficient (Wildman–Crippen LogP) is 1.61. The van der Waals surface area contributed by atoms with Gasteiger partial charge in [-0.2, -0.15) is 5.26 Å². The third-order valence-corrected chi connectivity index (χ3v) is 3.61. The molecule has 0 radical (unpaired) electrons. The Kier molecular flexibility index (Phi) is 4.20. The SMILES string of the molecule is CC(C#N)CN(CC1CC1)CC1CCCN1. The number of hydrogen-bond donors (Lipinski definition) is 1.